The van der Waals surface area contributed by atoms with Crippen LogP contribution in [-0.4, -0.2) is 30.4 Å². The highest BCUT2D eigenvalue weighted by Gasteiger charge is 2.61. The lowest BCUT2D eigenvalue weighted by atomic mass is 9.75. The maximum absolute atomic E-state index is 13.5. The number of urea groups is 1. The van der Waals surface area contributed by atoms with E-state index < -0.39 is 34.8 Å². The lowest BCUT2D eigenvalue weighted by Crippen LogP contribution is -2.55. The van der Waals surface area contributed by atoms with Gasteiger partial charge in [-0.15, -0.1) is 0 Å². The topological polar surface area (TPSA) is 93.5 Å². The highest BCUT2D eigenvalue weighted by atomic mass is 19.4. The van der Waals surface area contributed by atoms with Crippen molar-refractivity contribution in [3.63, 3.8) is 0 Å². The zero-order valence-corrected chi connectivity index (χ0v) is 19.0. The maximum Gasteiger partial charge on any atom is 0.417 e. The summed E-state index contributed by atoms with van der Waals surface area (Å²) in [7, 11) is 1.58. The minimum Gasteiger partial charge on any atom is -0.359 e. The molecule has 1 heterocycles. The van der Waals surface area contributed by atoms with Gasteiger partial charge in [-0.1, -0.05) is 12.1 Å². The van der Waals surface area contributed by atoms with Crippen molar-refractivity contribution in [3.05, 3.63) is 59.2 Å². The highest BCUT2D eigenvalue weighted by Crippen LogP contribution is 2.48. The summed E-state index contributed by atoms with van der Waals surface area (Å²) in [5.74, 6) is -0.618. The smallest absolute Gasteiger partial charge is 0.359 e. The van der Waals surface area contributed by atoms with E-state index in [4.69, 9.17) is 5.26 Å². The van der Waals surface area contributed by atoms with E-state index in [1.807, 2.05) is 12.1 Å². The van der Waals surface area contributed by atoms with E-state index in [0.29, 0.717) is 50.3 Å². The molecule has 1 spiro atoms. The molecule has 1 saturated heterocycles. The molecule has 2 aromatic rings. The van der Waals surface area contributed by atoms with Crippen LogP contribution in [0.1, 0.15) is 48.8 Å². The molecule has 0 aromatic heterocycles. The Balaban J connectivity index is 1.64. The van der Waals surface area contributed by atoms with Gasteiger partial charge >= 0.3 is 12.2 Å². The summed E-state index contributed by atoms with van der Waals surface area (Å²) in [6.45, 7) is 0. The number of nitrogens with one attached hydrogen (secondary N) is 1. The fraction of sp³-hybridized carbons (Fsp3) is 0.360. The first-order valence-electron chi connectivity index (χ1n) is 11.2. The molecule has 0 atom stereocenters. The Morgan fingerprint density at radius 3 is 2.31 bits per heavy atom. The van der Waals surface area contributed by atoms with Gasteiger partial charge in [-0.25, -0.2) is 9.69 Å². The number of aryl methyl sites for hydroxylation is 1. The Labute approximate surface area is 200 Å². The van der Waals surface area contributed by atoms with Crippen LogP contribution in [-0.2, 0) is 22.2 Å². The molecule has 0 bridgehead atoms. The normalized spacial score (nSPS) is 16.9. The number of anilines is 2. The van der Waals surface area contributed by atoms with E-state index in [-0.39, 0.29) is 11.6 Å². The molecule has 7 nitrogen and oxygen atoms in total. The molecule has 182 valence electrons. The summed E-state index contributed by atoms with van der Waals surface area (Å²) < 4.78 is 40.5. The Morgan fingerprint density at radius 2 is 1.77 bits per heavy atom. The molecule has 1 N–H and O–H groups in total. The van der Waals surface area contributed by atoms with Gasteiger partial charge in [0.15, 0.2) is 0 Å². The molecule has 1 aliphatic heterocycles. The number of alkyl halides is 3. The first kappa shape index (κ1) is 24.3. The predicted octanol–water partition coefficient (Wildman–Crippen LogP) is 4.54. The van der Waals surface area contributed by atoms with E-state index in [2.05, 4.69) is 5.32 Å². The number of imide groups is 1. The molecule has 4 rings (SSSR count). The van der Waals surface area contributed by atoms with Crippen molar-refractivity contribution >= 4 is 29.2 Å². The highest BCUT2D eigenvalue weighted by molar-refractivity contribution is 6.30. The minimum atomic E-state index is -4.81. The Kier molecular flexibility index (Phi) is 6.28. The average molecular weight is 484 g/mol. The number of hydrogen-bond donors (Lipinski definition) is 1. The van der Waals surface area contributed by atoms with E-state index in [1.165, 1.54) is 17.0 Å². The molecule has 1 saturated carbocycles. The molecule has 0 unspecified atom stereocenters. The second-order valence-electron chi connectivity index (χ2n) is 8.68. The minimum absolute atomic E-state index is 0.0497. The summed E-state index contributed by atoms with van der Waals surface area (Å²) in [5.41, 5.74) is -1.69. The number of hydrogen-bond acceptors (Lipinski definition) is 4. The molecule has 2 fully saturated rings. The summed E-state index contributed by atoms with van der Waals surface area (Å²) in [4.78, 5) is 40.4. The lowest BCUT2D eigenvalue weighted by Gasteiger charge is -2.42. The third-order valence-corrected chi connectivity index (χ3v) is 6.62. The van der Waals surface area contributed by atoms with Crippen LogP contribution in [0.25, 0.3) is 0 Å². The van der Waals surface area contributed by atoms with Gasteiger partial charge in [0.25, 0.3) is 5.91 Å². The number of carbonyl (C=O) groups excluding carboxylic acids is 3. The van der Waals surface area contributed by atoms with Gasteiger partial charge in [0.1, 0.15) is 5.54 Å². The van der Waals surface area contributed by atoms with Crippen molar-refractivity contribution in [2.75, 3.05) is 16.8 Å². The van der Waals surface area contributed by atoms with Crippen LogP contribution in [0.2, 0.25) is 0 Å². The molecule has 4 amide bonds. The summed E-state index contributed by atoms with van der Waals surface area (Å²) >= 11 is 0. The van der Waals surface area contributed by atoms with Gasteiger partial charge in [-0.05, 0) is 68.0 Å². The van der Waals surface area contributed by atoms with Crippen LogP contribution in [0.15, 0.2) is 42.5 Å². The van der Waals surface area contributed by atoms with Crippen molar-refractivity contribution < 1.29 is 27.6 Å². The second-order valence-corrected chi connectivity index (χ2v) is 8.68. The molecule has 0 radical (unpaired) electrons. The number of nitriles is 1. The van der Waals surface area contributed by atoms with E-state index >= 15 is 0 Å². The van der Waals surface area contributed by atoms with Gasteiger partial charge in [0.05, 0.1) is 22.9 Å². The lowest BCUT2D eigenvalue weighted by molar-refractivity contribution is -0.137. The number of nitrogens with zero attached hydrogens (tertiary/aromatic N) is 3. The fourth-order valence-corrected chi connectivity index (χ4v) is 4.60. The van der Waals surface area contributed by atoms with Gasteiger partial charge in [0.2, 0.25) is 5.91 Å². The van der Waals surface area contributed by atoms with Crippen LogP contribution >= 0.6 is 0 Å². The average Bonchev–Trinajstić information content (AvgIpc) is 3.05. The maximum atomic E-state index is 13.5. The third-order valence-electron chi connectivity index (χ3n) is 6.62. The van der Waals surface area contributed by atoms with Crippen LogP contribution in [0.4, 0.5) is 29.3 Å². The van der Waals surface area contributed by atoms with Crippen LogP contribution < -0.4 is 15.1 Å². The van der Waals surface area contributed by atoms with Crippen LogP contribution in [0.3, 0.4) is 0 Å². The van der Waals surface area contributed by atoms with Crippen molar-refractivity contribution in [1.29, 1.82) is 5.26 Å². The molecular formula is C25H23F3N4O3. The van der Waals surface area contributed by atoms with Crippen molar-refractivity contribution in [1.82, 2.24) is 5.32 Å². The standard InChI is InChI=1S/C25H23F3N4O3/c1-30-21(33)5-2-4-16-6-9-18(10-7-16)32-23(35)31(22(34)24(32)12-3-13-24)19-11-8-17(15-29)20(14-19)25(26,27)28/h6-11,14H,2-5,12-13H2,1H3,(H,30,33). The SMILES string of the molecule is CNC(=O)CCCc1ccc(N2C(=O)N(c3ccc(C#N)c(C(F)(F)F)c3)C(=O)C23CCC3)cc1. The molecular weight excluding hydrogens is 461 g/mol. The number of halogens is 3. The second kappa shape index (κ2) is 9.06. The quantitative estimate of drug-likeness (QED) is 0.609. The Hall–Kier alpha value is -3.87. The summed E-state index contributed by atoms with van der Waals surface area (Å²) in [6, 6.07) is 10.7. The molecule has 10 heteroatoms. The summed E-state index contributed by atoms with van der Waals surface area (Å²) in [6.07, 6.45) is -1.59. The van der Waals surface area contributed by atoms with Crippen LogP contribution in [0.5, 0.6) is 0 Å². The fourth-order valence-electron chi connectivity index (χ4n) is 4.60. The zero-order chi connectivity index (χ0) is 25.4. The van der Waals surface area contributed by atoms with E-state index in [9.17, 15) is 27.6 Å². The van der Waals surface area contributed by atoms with Crippen molar-refractivity contribution in [2.24, 2.45) is 0 Å². The number of benzene rings is 2. The first-order chi connectivity index (χ1) is 16.6. The molecule has 2 aliphatic rings. The Bertz CT molecular complexity index is 1210. The van der Waals surface area contributed by atoms with Crippen molar-refractivity contribution in [3.8, 4) is 6.07 Å². The van der Waals surface area contributed by atoms with Crippen LogP contribution in [0, 0.1) is 11.3 Å². The number of amides is 4. The molecule has 35 heavy (non-hydrogen) atoms. The molecule has 1 aliphatic carbocycles. The number of rotatable bonds is 6. The molecule has 2 aromatic carbocycles. The van der Waals surface area contributed by atoms with Gasteiger partial charge in [-0.3, -0.25) is 14.5 Å². The van der Waals surface area contributed by atoms with Gasteiger partial charge in [0, 0.05) is 19.2 Å². The number of carbonyl (C=O) groups is 3. The first-order valence-corrected chi connectivity index (χ1v) is 11.2. The summed E-state index contributed by atoms with van der Waals surface area (Å²) in [5, 5.41) is 11.6. The monoisotopic (exact) mass is 484 g/mol. The Morgan fingerprint density at radius 1 is 1.11 bits per heavy atom. The van der Waals surface area contributed by atoms with Crippen molar-refractivity contribution in [2.45, 2.75) is 50.2 Å². The van der Waals surface area contributed by atoms with Gasteiger partial charge in [-0.2, -0.15) is 18.4 Å². The van der Waals surface area contributed by atoms with Gasteiger partial charge < -0.3 is 5.32 Å². The zero-order valence-electron chi connectivity index (χ0n) is 19.0. The predicted molar refractivity (Wildman–Crippen MR) is 122 cm³/mol. The third kappa shape index (κ3) is 4.22. The largest absolute Gasteiger partial charge is 0.417 e. The van der Waals surface area contributed by atoms with E-state index in [0.717, 1.165) is 16.5 Å². The van der Waals surface area contributed by atoms with E-state index in [1.54, 1.807) is 19.2 Å².